The lowest BCUT2D eigenvalue weighted by molar-refractivity contribution is 0.518. The van der Waals surface area contributed by atoms with E-state index in [4.69, 9.17) is 0 Å². The van der Waals surface area contributed by atoms with Gasteiger partial charge in [0.25, 0.3) is 0 Å². The first-order chi connectivity index (χ1) is 13.1. The molecule has 2 heterocycles. The molecule has 5 nitrogen and oxygen atoms in total. The van der Waals surface area contributed by atoms with Gasteiger partial charge >= 0.3 is 0 Å². The Morgan fingerprint density at radius 1 is 1.11 bits per heavy atom. The van der Waals surface area contributed by atoms with Gasteiger partial charge in [-0.25, -0.2) is 0 Å². The maximum atomic E-state index is 4.45. The normalized spacial score (nSPS) is 12.2. The summed E-state index contributed by atoms with van der Waals surface area (Å²) in [6, 6.07) is 14.6. The van der Waals surface area contributed by atoms with Gasteiger partial charge in [-0.3, -0.25) is 9.67 Å². The van der Waals surface area contributed by atoms with Crippen molar-refractivity contribution in [2.75, 3.05) is 13.6 Å². The molecule has 3 aromatic rings. The van der Waals surface area contributed by atoms with E-state index < -0.39 is 0 Å². The van der Waals surface area contributed by atoms with E-state index in [0.29, 0.717) is 6.54 Å². The summed E-state index contributed by atoms with van der Waals surface area (Å²) in [7, 11) is 1.80. The van der Waals surface area contributed by atoms with E-state index >= 15 is 0 Å². The number of hydrogen-bond acceptors (Lipinski definition) is 3. The standard InChI is InChI=1S/C21H27N5S/c1-21(2,19-10-7-11-27-19)16-24-20(22-3)23-12-18-13-25-26(15-18)14-17-8-5-4-6-9-17/h4-11,13,15H,12,14,16H2,1-3H3,(H2,22,23,24). The fourth-order valence-corrected chi connectivity index (χ4v) is 3.67. The molecule has 3 rings (SSSR count). The van der Waals surface area contributed by atoms with E-state index in [0.717, 1.165) is 24.6 Å². The molecule has 0 saturated heterocycles. The number of benzene rings is 1. The Bertz CT molecular complexity index is 850. The third kappa shape index (κ3) is 5.44. The van der Waals surface area contributed by atoms with Crippen LogP contribution in [0.1, 0.15) is 29.9 Å². The molecule has 0 spiro atoms. The molecule has 27 heavy (non-hydrogen) atoms. The van der Waals surface area contributed by atoms with Crippen LogP contribution >= 0.6 is 11.3 Å². The zero-order valence-corrected chi connectivity index (χ0v) is 17.0. The Labute approximate surface area is 165 Å². The Morgan fingerprint density at radius 2 is 1.93 bits per heavy atom. The smallest absolute Gasteiger partial charge is 0.191 e. The van der Waals surface area contributed by atoms with Gasteiger partial charge in [-0.15, -0.1) is 11.3 Å². The summed E-state index contributed by atoms with van der Waals surface area (Å²) in [5, 5.41) is 13.4. The molecule has 0 fully saturated rings. The van der Waals surface area contributed by atoms with Crippen molar-refractivity contribution in [1.82, 2.24) is 20.4 Å². The number of thiophene rings is 1. The molecule has 0 bridgehead atoms. The zero-order chi connectivity index (χ0) is 19.1. The number of nitrogens with one attached hydrogen (secondary N) is 2. The van der Waals surface area contributed by atoms with E-state index in [9.17, 15) is 0 Å². The van der Waals surface area contributed by atoms with Gasteiger partial charge in [-0.2, -0.15) is 5.10 Å². The second kappa shape index (κ2) is 8.86. The second-order valence-corrected chi connectivity index (χ2v) is 8.12. The lowest BCUT2D eigenvalue weighted by Crippen LogP contribution is -2.42. The lowest BCUT2D eigenvalue weighted by atomic mass is 9.91. The van der Waals surface area contributed by atoms with Gasteiger partial charge in [0.05, 0.1) is 12.7 Å². The van der Waals surface area contributed by atoms with E-state index in [-0.39, 0.29) is 5.41 Å². The van der Waals surface area contributed by atoms with Crippen molar-refractivity contribution in [3.05, 3.63) is 76.2 Å². The van der Waals surface area contributed by atoms with Crippen molar-refractivity contribution < 1.29 is 0 Å². The van der Waals surface area contributed by atoms with E-state index in [2.05, 4.69) is 82.5 Å². The van der Waals surface area contributed by atoms with Gasteiger partial charge in [0.1, 0.15) is 0 Å². The lowest BCUT2D eigenvalue weighted by Gasteiger charge is -2.25. The third-order valence-corrected chi connectivity index (χ3v) is 5.68. The molecule has 2 N–H and O–H groups in total. The number of guanidine groups is 1. The number of rotatable bonds is 7. The zero-order valence-electron chi connectivity index (χ0n) is 16.1. The third-order valence-electron chi connectivity index (χ3n) is 4.44. The fourth-order valence-electron chi connectivity index (χ4n) is 2.82. The molecule has 0 unspecified atom stereocenters. The van der Waals surface area contributed by atoms with Crippen LogP contribution in [0.4, 0.5) is 0 Å². The minimum Gasteiger partial charge on any atom is -0.356 e. The first kappa shape index (κ1) is 19.2. The molecule has 1 aromatic carbocycles. The molecule has 6 heteroatoms. The van der Waals surface area contributed by atoms with Crippen LogP contribution in [0.3, 0.4) is 0 Å². The molecule has 0 radical (unpaired) electrons. The fraction of sp³-hybridized carbons (Fsp3) is 0.333. The summed E-state index contributed by atoms with van der Waals surface area (Å²) < 4.78 is 1.96. The summed E-state index contributed by atoms with van der Waals surface area (Å²) in [4.78, 5) is 5.70. The minimum atomic E-state index is 0.0619. The quantitative estimate of drug-likeness (QED) is 0.485. The summed E-state index contributed by atoms with van der Waals surface area (Å²) in [5.74, 6) is 0.801. The van der Waals surface area contributed by atoms with Crippen molar-refractivity contribution >= 4 is 17.3 Å². The van der Waals surface area contributed by atoms with Crippen LogP contribution in [-0.2, 0) is 18.5 Å². The summed E-state index contributed by atoms with van der Waals surface area (Å²) in [6.07, 6.45) is 3.97. The summed E-state index contributed by atoms with van der Waals surface area (Å²) in [5.41, 5.74) is 2.44. The predicted molar refractivity (Wildman–Crippen MR) is 113 cm³/mol. The van der Waals surface area contributed by atoms with Crippen molar-refractivity contribution in [2.45, 2.75) is 32.4 Å². The monoisotopic (exact) mass is 381 g/mol. The molecular formula is C21H27N5S. The van der Waals surface area contributed by atoms with E-state index in [1.807, 2.05) is 16.9 Å². The molecule has 0 aliphatic rings. The van der Waals surface area contributed by atoms with Crippen LogP contribution in [0, 0.1) is 0 Å². The molecular weight excluding hydrogens is 354 g/mol. The Kier molecular flexibility index (Phi) is 6.29. The highest BCUT2D eigenvalue weighted by atomic mass is 32.1. The van der Waals surface area contributed by atoms with Crippen LogP contribution in [-0.4, -0.2) is 29.3 Å². The molecule has 0 aliphatic carbocycles. The predicted octanol–water partition coefficient (Wildman–Crippen LogP) is 3.64. The SMILES string of the molecule is CN=C(NCc1cnn(Cc2ccccc2)c1)NCC(C)(C)c1cccs1. The van der Waals surface area contributed by atoms with Gasteiger partial charge in [-0.1, -0.05) is 50.2 Å². The average Bonchev–Trinajstić information content (AvgIpc) is 3.35. The first-order valence-corrected chi connectivity index (χ1v) is 9.98. The maximum Gasteiger partial charge on any atom is 0.191 e. The van der Waals surface area contributed by atoms with E-state index in [1.165, 1.54) is 10.4 Å². The van der Waals surface area contributed by atoms with E-state index in [1.54, 1.807) is 18.4 Å². The van der Waals surface area contributed by atoms with Crippen LogP contribution < -0.4 is 10.6 Å². The minimum absolute atomic E-state index is 0.0619. The summed E-state index contributed by atoms with van der Waals surface area (Å²) >= 11 is 1.79. The van der Waals surface area contributed by atoms with Crippen molar-refractivity contribution in [3.8, 4) is 0 Å². The molecule has 0 amide bonds. The van der Waals surface area contributed by atoms with Crippen LogP contribution in [0.2, 0.25) is 0 Å². The molecule has 142 valence electrons. The van der Waals surface area contributed by atoms with Crippen LogP contribution in [0.15, 0.2) is 65.2 Å². The largest absolute Gasteiger partial charge is 0.356 e. The topological polar surface area (TPSA) is 54.2 Å². The second-order valence-electron chi connectivity index (χ2n) is 7.17. The Hall–Kier alpha value is -2.60. The van der Waals surface area contributed by atoms with Crippen molar-refractivity contribution in [2.24, 2.45) is 4.99 Å². The Balaban J connectivity index is 1.50. The van der Waals surface area contributed by atoms with Crippen molar-refractivity contribution in [1.29, 1.82) is 0 Å². The van der Waals surface area contributed by atoms with Gasteiger partial charge in [-0.05, 0) is 17.0 Å². The average molecular weight is 382 g/mol. The Morgan fingerprint density at radius 3 is 2.63 bits per heavy atom. The van der Waals surface area contributed by atoms with Gasteiger partial charge in [0, 0.05) is 42.2 Å². The number of nitrogens with zero attached hydrogens (tertiary/aromatic N) is 3. The van der Waals surface area contributed by atoms with Crippen LogP contribution in [0.25, 0.3) is 0 Å². The van der Waals surface area contributed by atoms with Gasteiger partial charge in [0.15, 0.2) is 5.96 Å². The molecule has 0 saturated carbocycles. The van der Waals surface area contributed by atoms with Gasteiger partial charge < -0.3 is 10.6 Å². The maximum absolute atomic E-state index is 4.45. The number of aromatic nitrogens is 2. The molecule has 0 atom stereocenters. The highest BCUT2D eigenvalue weighted by Crippen LogP contribution is 2.26. The molecule has 2 aromatic heterocycles. The van der Waals surface area contributed by atoms with Crippen molar-refractivity contribution in [3.63, 3.8) is 0 Å². The number of hydrogen-bond donors (Lipinski definition) is 2. The van der Waals surface area contributed by atoms with Crippen LogP contribution in [0.5, 0.6) is 0 Å². The first-order valence-electron chi connectivity index (χ1n) is 9.10. The summed E-state index contributed by atoms with van der Waals surface area (Å²) in [6.45, 7) is 6.77. The van der Waals surface area contributed by atoms with Gasteiger partial charge in [0.2, 0.25) is 0 Å². The molecule has 0 aliphatic heterocycles. The highest BCUT2D eigenvalue weighted by molar-refractivity contribution is 7.10. The number of aliphatic imine (C=N–C) groups is 1. The highest BCUT2D eigenvalue weighted by Gasteiger charge is 2.21.